The maximum absolute atomic E-state index is 4.42. The van der Waals surface area contributed by atoms with Crippen LogP contribution < -0.4 is 5.32 Å². The highest BCUT2D eigenvalue weighted by molar-refractivity contribution is 5.94. The van der Waals surface area contributed by atoms with Gasteiger partial charge >= 0.3 is 0 Å². The molecule has 0 aliphatic carbocycles. The number of nitrogens with zero attached hydrogens (tertiary/aromatic N) is 7. The molecule has 0 spiro atoms. The molecule has 1 N–H and O–H groups in total. The highest BCUT2D eigenvalue weighted by Gasteiger charge is 2.19. The van der Waals surface area contributed by atoms with Crippen LogP contribution in [0.15, 0.2) is 24.2 Å². The van der Waals surface area contributed by atoms with Crippen LogP contribution in [0, 0.1) is 13.8 Å². The summed E-state index contributed by atoms with van der Waals surface area (Å²) in [5.41, 5.74) is 4.47. The quantitative estimate of drug-likeness (QED) is 0.723. The van der Waals surface area contributed by atoms with Crippen molar-refractivity contribution in [1.82, 2.24) is 34.4 Å². The Balaban J connectivity index is 0.000000161. The molecule has 0 unspecified atom stereocenters. The van der Waals surface area contributed by atoms with Crippen LogP contribution in [0.5, 0.6) is 0 Å². The second-order valence-corrected chi connectivity index (χ2v) is 7.49. The Morgan fingerprint density at radius 3 is 2.21 bits per heavy atom. The summed E-state index contributed by atoms with van der Waals surface area (Å²) >= 11 is 0. The average Bonchev–Trinajstić information content (AvgIpc) is 3.19. The third kappa shape index (κ3) is 3.67. The van der Waals surface area contributed by atoms with Gasteiger partial charge in [0.05, 0.1) is 24.0 Å². The minimum atomic E-state index is 0.369. The molecule has 1 aliphatic heterocycles. The molecule has 4 rings (SSSR count). The highest BCUT2D eigenvalue weighted by atomic mass is 15.2. The summed E-state index contributed by atoms with van der Waals surface area (Å²) in [6.45, 7) is 18.2. The van der Waals surface area contributed by atoms with Gasteiger partial charge in [-0.3, -0.25) is 0 Å². The highest BCUT2D eigenvalue weighted by Crippen LogP contribution is 2.29. The van der Waals surface area contributed by atoms with E-state index in [9.17, 15) is 0 Å². The lowest BCUT2D eigenvalue weighted by Crippen LogP contribution is -2.21. The number of imidazole rings is 2. The fourth-order valence-electron chi connectivity index (χ4n) is 3.09. The van der Waals surface area contributed by atoms with Crippen molar-refractivity contribution in [3.8, 4) is 0 Å². The molecule has 3 aromatic rings. The van der Waals surface area contributed by atoms with E-state index in [1.54, 1.807) is 0 Å². The number of fused-ring (bicyclic) bond motifs is 2. The standard InChI is InChI=1S/2C10H14N4/c2*1-6(2)14-5-11-9-7(3)12-8(4)13-10(9)14/h5-6H,1-4H3;5-6H,3H2,1-2,4H3,(H,12,13). The summed E-state index contributed by atoms with van der Waals surface area (Å²) in [4.78, 5) is 21.7. The Bertz CT molecular complexity index is 1050. The number of amidine groups is 1. The van der Waals surface area contributed by atoms with Gasteiger partial charge in [-0.25, -0.2) is 24.9 Å². The Kier molecular flexibility index (Phi) is 5.31. The first-order valence-corrected chi connectivity index (χ1v) is 9.45. The van der Waals surface area contributed by atoms with Gasteiger partial charge in [0.1, 0.15) is 22.9 Å². The van der Waals surface area contributed by atoms with E-state index in [4.69, 9.17) is 0 Å². The molecule has 0 radical (unpaired) electrons. The van der Waals surface area contributed by atoms with Crippen molar-refractivity contribution < 1.29 is 0 Å². The summed E-state index contributed by atoms with van der Waals surface area (Å²) in [6.07, 6.45) is 3.64. The fourth-order valence-corrected chi connectivity index (χ4v) is 3.09. The Labute approximate surface area is 165 Å². The summed E-state index contributed by atoms with van der Waals surface area (Å²) in [6, 6.07) is 0.752. The molecule has 0 saturated carbocycles. The van der Waals surface area contributed by atoms with Crippen LogP contribution in [0.2, 0.25) is 0 Å². The predicted molar refractivity (Wildman–Crippen MR) is 113 cm³/mol. The molecular formula is C20H28N8. The molecule has 1 aliphatic rings. The number of hydrogen-bond acceptors (Lipinski definition) is 6. The number of aryl methyl sites for hydroxylation is 2. The zero-order valence-corrected chi connectivity index (χ0v) is 17.6. The van der Waals surface area contributed by atoms with Crippen LogP contribution >= 0.6 is 0 Å². The molecule has 0 bridgehead atoms. The summed E-state index contributed by atoms with van der Waals surface area (Å²) in [7, 11) is 0. The van der Waals surface area contributed by atoms with Crippen molar-refractivity contribution >= 4 is 28.5 Å². The maximum Gasteiger partial charge on any atom is 0.164 e. The van der Waals surface area contributed by atoms with Crippen LogP contribution in [0.4, 0.5) is 5.82 Å². The predicted octanol–water partition coefficient (Wildman–Crippen LogP) is 4.11. The van der Waals surface area contributed by atoms with Gasteiger partial charge in [-0.1, -0.05) is 6.58 Å². The van der Waals surface area contributed by atoms with Gasteiger partial charge < -0.3 is 14.5 Å². The van der Waals surface area contributed by atoms with Gasteiger partial charge in [-0.15, -0.1) is 0 Å². The SMILES string of the molecule is C=C1NC(C)=Nc2c1ncn2C(C)C.Cc1nc(C)c2ncn(C(C)C)c2n1. The van der Waals surface area contributed by atoms with E-state index in [1.165, 1.54) is 0 Å². The van der Waals surface area contributed by atoms with Crippen molar-refractivity contribution in [3.05, 3.63) is 36.4 Å². The number of hydrogen-bond donors (Lipinski definition) is 1. The molecule has 0 amide bonds. The lowest BCUT2D eigenvalue weighted by atomic mass is 10.3. The first-order chi connectivity index (χ1) is 13.2. The molecular weight excluding hydrogens is 352 g/mol. The molecule has 4 heterocycles. The van der Waals surface area contributed by atoms with E-state index in [1.807, 2.05) is 38.0 Å². The third-order valence-corrected chi connectivity index (χ3v) is 4.48. The second-order valence-electron chi connectivity index (χ2n) is 7.49. The normalized spacial score (nSPS) is 13.3. The van der Waals surface area contributed by atoms with Crippen LogP contribution in [-0.2, 0) is 0 Å². The topological polar surface area (TPSA) is 85.8 Å². The van der Waals surface area contributed by atoms with Crippen LogP contribution in [0.3, 0.4) is 0 Å². The Morgan fingerprint density at radius 2 is 1.57 bits per heavy atom. The number of nitrogens with one attached hydrogen (secondary N) is 1. The number of aromatic nitrogens is 6. The molecule has 0 aromatic carbocycles. The molecule has 148 valence electrons. The average molecular weight is 381 g/mol. The molecule has 0 fully saturated rings. The van der Waals surface area contributed by atoms with E-state index in [-0.39, 0.29) is 0 Å². The smallest absolute Gasteiger partial charge is 0.164 e. The van der Waals surface area contributed by atoms with Crippen molar-refractivity contribution in [2.24, 2.45) is 4.99 Å². The molecule has 0 saturated heterocycles. The lowest BCUT2D eigenvalue weighted by Gasteiger charge is -2.16. The Morgan fingerprint density at radius 1 is 0.929 bits per heavy atom. The van der Waals surface area contributed by atoms with Crippen molar-refractivity contribution in [2.45, 2.75) is 60.5 Å². The van der Waals surface area contributed by atoms with Gasteiger partial charge in [0, 0.05) is 12.1 Å². The monoisotopic (exact) mass is 380 g/mol. The van der Waals surface area contributed by atoms with Gasteiger partial charge in [-0.05, 0) is 48.5 Å². The zero-order valence-electron chi connectivity index (χ0n) is 17.6. The molecule has 8 heteroatoms. The van der Waals surface area contributed by atoms with Crippen LogP contribution in [0.25, 0.3) is 16.9 Å². The summed E-state index contributed by atoms with van der Waals surface area (Å²) in [5.74, 6) is 2.57. The largest absolute Gasteiger partial charge is 0.343 e. The molecule has 0 atom stereocenters. The van der Waals surface area contributed by atoms with Crippen molar-refractivity contribution in [3.63, 3.8) is 0 Å². The lowest BCUT2D eigenvalue weighted by molar-refractivity contribution is 0.603. The van der Waals surface area contributed by atoms with Gasteiger partial charge in [-0.2, -0.15) is 0 Å². The van der Waals surface area contributed by atoms with Gasteiger partial charge in [0.2, 0.25) is 0 Å². The minimum Gasteiger partial charge on any atom is -0.343 e. The summed E-state index contributed by atoms with van der Waals surface area (Å²) < 4.78 is 4.11. The van der Waals surface area contributed by atoms with Gasteiger partial charge in [0.15, 0.2) is 11.5 Å². The first kappa shape index (κ1) is 19.7. The number of aliphatic imine (C=N–C) groups is 1. The molecule has 8 nitrogen and oxygen atoms in total. The van der Waals surface area contributed by atoms with Crippen LogP contribution in [0.1, 0.15) is 63.9 Å². The second kappa shape index (κ2) is 7.53. The van der Waals surface area contributed by atoms with Crippen molar-refractivity contribution in [2.75, 3.05) is 0 Å². The minimum absolute atomic E-state index is 0.369. The first-order valence-electron chi connectivity index (χ1n) is 9.45. The van der Waals surface area contributed by atoms with Crippen molar-refractivity contribution in [1.29, 1.82) is 0 Å². The summed E-state index contributed by atoms with van der Waals surface area (Å²) in [5, 5.41) is 3.07. The van der Waals surface area contributed by atoms with E-state index >= 15 is 0 Å². The van der Waals surface area contributed by atoms with E-state index < -0.39 is 0 Å². The van der Waals surface area contributed by atoms with E-state index in [0.29, 0.717) is 12.1 Å². The number of rotatable bonds is 2. The van der Waals surface area contributed by atoms with E-state index in [2.05, 4.69) is 69.1 Å². The van der Waals surface area contributed by atoms with Crippen LogP contribution in [-0.4, -0.2) is 34.9 Å². The van der Waals surface area contributed by atoms with E-state index in [0.717, 1.165) is 45.7 Å². The third-order valence-electron chi connectivity index (χ3n) is 4.48. The maximum atomic E-state index is 4.42. The molecule has 28 heavy (non-hydrogen) atoms. The molecule has 3 aromatic heterocycles. The fraction of sp³-hybridized carbons (Fsp3) is 0.450. The van der Waals surface area contributed by atoms with Gasteiger partial charge in [0.25, 0.3) is 0 Å². The Hall–Kier alpha value is -3.03. The zero-order chi connectivity index (χ0) is 20.6.